The molecule has 4 N–H and O–H groups in total. The normalized spacial score (nSPS) is 11.1. The Hall–Kier alpha value is -2.30. The first-order valence-corrected chi connectivity index (χ1v) is 10.3. The van der Waals surface area contributed by atoms with Crippen molar-refractivity contribution in [1.82, 2.24) is 5.32 Å². The molecule has 7 nitrogen and oxygen atoms in total. The Kier molecular flexibility index (Phi) is 7.05. The minimum absolute atomic E-state index is 0.0115. The average molecular weight is 458 g/mol. The summed E-state index contributed by atoms with van der Waals surface area (Å²) in [7, 11) is -3.62. The van der Waals surface area contributed by atoms with Crippen LogP contribution in [0.1, 0.15) is 22.3 Å². The molecule has 0 bridgehead atoms. The predicted molar refractivity (Wildman–Crippen MR) is 103 cm³/mol. The number of anilines is 1. The number of halogens is 2. The monoisotopic (exact) mass is 457 g/mol. The predicted octanol–water partition coefficient (Wildman–Crippen LogP) is 2.14. The third-order valence-corrected chi connectivity index (χ3v) is 4.84. The molecule has 144 valence electrons. The SMILES string of the molecule is NS(=O)(=O)Cc1ccc(NC(=O)CCNC(=O)c2cc(F)ccc2Br)cc1. The number of rotatable bonds is 7. The van der Waals surface area contributed by atoms with Gasteiger partial charge in [-0.1, -0.05) is 12.1 Å². The van der Waals surface area contributed by atoms with Crippen LogP contribution in [0.25, 0.3) is 0 Å². The van der Waals surface area contributed by atoms with Gasteiger partial charge in [0.15, 0.2) is 0 Å². The maximum absolute atomic E-state index is 13.2. The van der Waals surface area contributed by atoms with Crippen molar-refractivity contribution in [2.45, 2.75) is 12.2 Å². The van der Waals surface area contributed by atoms with Gasteiger partial charge in [-0.05, 0) is 51.8 Å². The lowest BCUT2D eigenvalue weighted by Crippen LogP contribution is -2.28. The molecule has 2 aromatic rings. The van der Waals surface area contributed by atoms with E-state index in [-0.39, 0.29) is 30.2 Å². The molecule has 0 atom stereocenters. The molecule has 0 saturated carbocycles. The number of amides is 2. The van der Waals surface area contributed by atoms with E-state index < -0.39 is 21.7 Å². The van der Waals surface area contributed by atoms with Crippen molar-refractivity contribution < 1.29 is 22.4 Å². The molecule has 0 saturated heterocycles. The van der Waals surface area contributed by atoms with Crippen molar-refractivity contribution in [2.75, 3.05) is 11.9 Å². The fourth-order valence-electron chi connectivity index (χ4n) is 2.20. The minimum Gasteiger partial charge on any atom is -0.351 e. The molecular weight excluding hydrogens is 441 g/mol. The van der Waals surface area contributed by atoms with Gasteiger partial charge in [-0.25, -0.2) is 17.9 Å². The van der Waals surface area contributed by atoms with Crippen LogP contribution in [-0.4, -0.2) is 26.8 Å². The van der Waals surface area contributed by atoms with Gasteiger partial charge in [0.05, 0.1) is 11.3 Å². The van der Waals surface area contributed by atoms with Gasteiger partial charge in [0.25, 0.3) is 5.91 Å². The standard InChI is InChI=1S/C17H17BrFN3O4S/c18-15-6-3-12(19)9-14(15)17(24)21-8-7-16(23)22-13-4-1-11(2-5-13)10-27(20,25)26/h1-6,9H,7-8,10H2,(H,21,24)(H,22,23)(H2,20,25,26). The van der Waals surface area contributed by atoms with Crippen LogP contribution in [0.4, 0.5) is 10.1 Å². The third-order valence-electron chi connectivity index (χ3n) is 3.42. The van der Waals surface area contributed by atoms with E-state index in [9.17, 15) is 22.4 Å². The van der Waals surface area contributed by atoms with Gasteiger partial charge in [0.2, 0.25) is 15.9 Å². The van der Waals surface area contributed by atoms with Crippen molar-refractivity contribution in [3.8, 4) is 0 Å². The first kappa shape index (κ1) is 21.0. The fourth-order valence-corrected chi connectivity index (χ4v) is 3.28. The number of primary sulfonamides is 1. The average Bonchev–Trinajstić information content (AvgIpc) is 2.57. The van der Waals surface area contributed by atoms with Crippen LogP contribution >= 0.6 is 15.9 Å². The summed E-state index contributed by atoms with van der Waals surface area (Å²) in [5, 5.41) is 10.1. The summed E-state index contributed by atoms with van der Waals surface area (Å²) in [6.45, 7) is 0.0666. The number of benzene rings is 2. The number of hydrogen-bond donors (Lipinski definition) is 3. The summed E-state index contributed by atoms with van der Waals surface area (Å²) >= 11 is 3.17. The molecule has 0 aliphatic carbocycles. The maximum atomic E-state index is 13.2. The van der Waals surface area contributed by atoms with Crippen LogP contribution < -0.4 is 15.8 Å². The number of nitrogens with two attached hydrogens (primary N) is 1. The maximum Gasteiger partial charge on any atom is 0.252 e. The van der Waals surface area contributed by atoms with Crippen molar-refractivity contribution in [3.63, 3.8) is 0 Å². The fraction of sp³-hybridized carbons (Fsp3) is 0.176. The number of nitrogens with one attached hydrogen (secondary N) is 2. The van der Waals surface area contributed by atoms with E-state index in [1.54, 1.807) is 24.3 Å². The smallest absolute Gasteiger partial charge is 0.252 e. The Bertz CT molecular complexity index is 949. The molecule has 0 radical (unpaired) electrons. The summed E-state index contributed by atoms with van der Waals surface area (Å²) < 4.78 is 35.7. The molecule has 0 heterocycles. The van der Waals surface area contributed by atoms with E-state index >= 15 is 0 Å². The Morgan fingerprint density at radius 3 is 2.41 bits per heavy atom. The van der Waals surface area contributed by atoms with E-state index in [1.807, 2.05) is 0 Å². The van der Waals surface area contributed by atoms with Gasteiger partial charge in [-0.2, -0.15) is 0 Å². The Morgan fingerprint density at radius 1 is 1.11 bits per heavy atom. The van der Waals surface area contributed by atoms with Gasteiger partial charge >= 0.3 is 0 Å². The summed E-state index contributed by atoms with van der Waals surface area (Å²) in [4.78, 5) is 23.9. The molecule has 0 unspecified atom stereocenters. The van der Waals surface area contributed by atoms with Crippen LogP contribution in [0.3, 0.4) is 0 Å². The van der Waals surface area contributed by atoms with Crippen molar-refractivity contribution in [1.29, 1.82) is 0 Å². The molecule has 2 amide bonds. The van der Waals surface area contributed by atoms with E-state index in [1.165, 1.54) is 12.1 Å². The van der Waals surface area contributed by atoms with Crippen LogP contribution in [0.15, 0.2) is 46.9 Å². The highest BCUT2D eigenvalue weighted by Gasteiger charge is 2.12. The van der Waals surface area contributed by atoms with Crippen molar-refractivity contribution >= 4 is 43.5 Å². The van der Waals surface area contributed by atoms with Crippen LogP contribution in [-0.2, 0) is 20.6 Å². The first-order valence-electron chi connectivity index (χ1n) is 7.76. The first-order chi connectivity index (χ1) is 12.6. The van der Waals surface area contributed by atoms with E-state index in [4.69, 9.17) is 5.14 Å². The number of carbonyl (C=O) groups is 2. The lowest BCUT2D eigenvalue weighted by molar-refractivity contribution is -0.116. The Labute approximate surface area is 164 Å². The quantitative estimate of drug-likeness (QED) is 0.589. The van der Waals surface area contributed by atoms with Crippen molar-refractivity contribution in [3.05, 3.63) is 63.9 Å². The number of hydrogen-bond acceptors (Lipinski definition) is 4. The number of sulfonamides is 1. The molecule has 0 aliphatic rings. The van der Waals surface area contributed by atoms with Gasteiger partial charge in [-0.15, -0.1) is 0 Å². The molecule has 27 heavy (non-hydrogen) atoms. The second-order valence-electron chi connectivity index (χ2n) is 5.68. The van der Waals surface area contributed by atoms with E-state index in [0.717, 1.165) is 6.07 Å². The molecule has 2 aromatic carbocycles. The molecule has 0 fully saturated rings. The molecular formula is C17H17BrFN3O4S. The highest BCUT2D eigenvalue weighted by Crippen LogP contribution is 2.17. The highest BCUT2D eigenvalue weighted by atomic mass is 79.9. The van der Waals surface area contributed by atoms with Gasteiger partial charge in [-0.3, -0.25) is 9.59 Å². The second-order valence-corrected chi connectivity index (χ2v) is 8.15. The Morgan fingerprint density at radius 2 is 1.78 bits per heavy atom. The summed E-state index contributed by atoms with van der Waals surface area (Å²) in [5.74, 6) is -1.66. The molecule has 0 aliphatic heterocycles. The summed E-state index contributed by atoms with van der Waals surface area (Å²) in [6, 6.07) is 9.95. The highest BCUT2D eigenvalue weighted by molar-refractivity contribution is 9.10. The summed E-state index contributed by atoms with van der Waals surface area (Å²) in [5.41, 5.74) is 1.13. The zero-order valence-electron chi connectivity index (χ0n) is 14.0. The second kappa shape index (κ2) is 9.07. The summed E-state index contributed by atoms with van der Waals surface area (Å²) in [6.07, 6.45) is 0.0115. The van der Waals surface area contributed by atoms with Crippen LogP contribution in [0.2, 0.25) is 0 Å². The zero-order chi connectivity index (χ0) is 20.0. The largest absolute Gasteiger partial charge is 0.351 e. The molecule has 10 heteroatoms. The zero-order valence-corrected chi connectivity index (χ0v) is 16.4. The lowest BCUT2D eigenvalue weighted by atomic mass is 10.2. The van der Waals surface area contributed by atoms with Crippen LogP contribution in [0, 0.1) is 5.82 Å². The van der Waals surface area contributed by atoms with Gasteiger partial charge in [0.1, 0.15) is 5.82 Å². The van der Waals surface area contributed by atoms with E-state index in [0.29, 0.717) is 15.7 Å². The number of carbonyl (C=O) groups excluding carboxylic acids is 2. The Balaban J connectivity index is 1.82. The van der Waals surface area contributed by atoms with Crippen LogP contribution in [0.5, 0.6) is 0 Å². The molecule has 0 aromatic heterocycles. The molecule has 0 spiro atoms. The topological polar surface area (TPSA) is 118 Å². The molecule has 2 rings (SSSR count). The van der Waals surface area contributed by atoms with Gasteiger partial charge in [0, 0.05) is 23.1 Å². The van der Waals surface area contributed by atoms with E-state index in [2.05, 4.69) is 26.6 Å². The third kappa shape index (κ3) is 7.08. The van der Waals surface area contributed by atoms with Gasteiger partial charge < -0.3 is 10.6 Å². The lowest BCUT2D eigenvalue weighted by Gasteiger charge is -2.08. The van der Waals surface area contributed by atoms with Crippen molar-refractivity contribution in [2.24, 2.45) is 5.14 Å². The minimum atomic E-state index is -3.62.